The molecule has 0 spiro atoms. The van der Waals surface area contributed by atoms with Gasteiger partial charge in [0.05, 0.1) is 38.2 Å². The van der Waals surface area contributed by atoms with Crippen molar-refractivity contribution in [2.45, 2.75) is 43.1 Å². The summed E-state index contributed by atoms with van der Waals surface area (Å²) in [6.07, 6.45) is 1.53. The van der Waals surface area contributed by atoms with Crippen molar-refractivity contribution in [3.8, 4) is 0 Å². The lowest BCUT2D eigenvalue weighted by atomic mass is 10.2. The van der Waals surface area contributed by atoms with Crippen LogP contribution in [-0.4, -0.2) is 54.0 Å². The maximum absolute atomic E-state index is 12.8. The first kappa shape index (κ1) is 19.2. The predicted molar refractivity (Wildman–Crippen MR) is 98.8 cm³/mol. The minimum absolute atomic E-state index is 0.0746. The highest BCUT2D eigenvalue weighted by molar-refractivity contribution is 7.85. The van der Waals surface area contributed by atoms with Gasteiger partial charge < -0.3 is 9.64 Å². The van der Waals surface area contributed by atoms with Crippen molar-refractivity contribution in [2.75, 3.05) is 13.1 Å². The molecule has 10 heteroatoms. The molecule has 2 aromatic rings. The van der Waals surface area contributed by atoms with Gasteiger partial charge in [0.15, 0.2) is 0 Å². The third-order valence-corrected chi connectivity index (χ3v) is 5.62. The SMILES string of the molecule is CC(C)(C)OC(=O)N1CC[C@H]([S@](=O)c2cnc3cc([N+](=O)[O-])ccc3n2)C1. The van der Waals surface area contributed by atoms with E-state index in [4.69, 9.17) is 4.74 Å². The Morgan fingerprint density at radius 1 is 1.37 bits per heavy atom. The maximum Gasteiger partial charge on any atom is 0.410 e. The summed E-state index contributed by atoms with van der Waals surface area (Å²) in [5.41, 5.74) is 0.149. The topological polar surface area (TPSA) is 116 Å². The number of hydrogen-bond acceptors (Lipinski definition) is 7. The number of amides is 1. The van der Waals surface area contributed by atoms with E-state index in [0.29, 0.717) is 35.6 Å². The van der Waals surface area contributed by atoms with Crippen LogP contribution in [0.25, 0.3) is 11.0 Å². The fourth-order valence-electron chi connectivity index (χ4n) is 2.76. The molecule has 27 heavy (non-hydrogen) atoms. The van der Waals surface area contributed by atoms with Crippen molar-refractivity contribution in [3.05, 3.63) is 34.5 Å². The van der Waals surface area contributed by atoms with Crippen LogP contribution < -0.4 is 0 Å². The van der Waals surface area contributed by atoms with Gasteiger partial charge in [-0.3, -0.25) is 19.3 Å². The second-order valence-electron chi connectivity index (χ2n) is 7.27. The molecule has 0 bridgehead atoms. The summed E-state index contributed by atoms with van der Waals surface area (Å²) >= 11 is 0. The van der Waals surface area contributed by atoms with Crippen LogP contribution in [-0.2, 0) is 15.5 Å². The number of likely N-dealkylation sites (tertiary alicyclic amines) is 1. The lowest BCUT2D eigenvalue weighted by Gasteiger charge is -2.24. The Kier molecular flexibility index (Phi) is 5.09. The van der Waals surface area contributed by atoms with Crippen molar-refractivity contribution in [3.63, 3.8) is 0 Å². The van der Waals surface area contributed by atoms with Gasteiger partial charge in [0, 0.05) is 25.2 Å². The van der Waals surface area contributed by atoms with Crippen molar-refractivity contribution >= 4 is 33.6 Å². The minimum Gasteiger partial charge on any atom is -0.444 e. The van der Waals surface area contributed by atoms with E-state index in [1.54, 1.807) is 25.7 Å². The average Bonchev–Trinajstić information content (AvgIpc) is 3.09. The highest BCUT2D eigenvalue weighted by atomic mass is 32.2. The summed E-state index contributed by atoms with van der Waals surface area (Å²) in [6.45, 7) is 6.18. The molecule has 0 unspecified atom stereocenters. The van der Waals surface area contributed by atoms with E-state index in [1.807, 2.05) is 0 Å². The predicted octanol–water partition coefficient (Wildman–Crippen LogP) is 2.66. The molecule has 3 rings (SSSR count). The van der Waals surface area contributed by atoms with Gasteiger partial charge in [-0.05, 0) is 33.3 Å². The van der Waals surface area contributed by atoms with E-state index >= 15 is 0 Å². The number of non-ortho nitro benzene ring substituents is 1. The summed E-state index contributed by atoms with van der Waals surface area (Å²) in [7, 11) is -1.45. The Hall–Kier alpha value is -2.62. The Morgan fingerprint density at radius 2 is 2.11 bits per heavy atom. The number of nitrogens with zero attached hydrogens (tertiary/aromatic N) is 4. The number of benzene rings is 1. The highest BCUT2D eigenvalue weighted by Crippen LogP contribution is 2.23. The second-order valence-corrected chi connectivity index (χ2v) is 8.95. The van der Waals surface area contributed by atoms with Gasteiger partial charge in [-0.1, -0.05) is 0 Å². The molecule has 1 aliphatic heterocycles. The van der Waals surface area contributed by atoms with Gasteiger partial charge in [-0.2, -0.15) is 0 Å². The van der Waals surface area contributed by atoms with Gasteiger partial charge in [0.2, 0.25) is 0 Å². The smallest absolute Gasteiger partial charge is 0.410 e. The Bertz CT molecular complexity index is 927. The minimum atomic E-state index is -1.45. The number of nitro groups is 1. The molecule has 1 saturated heterocycles. The lowest BCUT2D eigenvalue weighted by molar-refractivity contribution is -0.384. The Labute approximate surface area is 158 Å². The zero-order valence-electron chi connectivity index (χ0n) is 15.2. The fraction of sp³-hybridized carbons (Fsp3) is 0.471. The second kappa shape index (κ2) is 7.18. The molecule has 0 radical (unpaired) electrons. The molecule has 1 aliphatic rings. The molecule has 2 atom stereocenters. The molecule has 0 saturated carbocycles. The van der Waals surface area contributed by atoms with Gasteiger partial charge in [0.1, 0.15) is 10.6 Å². The van der Waals surface area contributed by atoms with Gasteiger partial charge in [0.25, 0.3) is 5.69 Å². The first-order valence-electron chi connectivity index (χ1n) is 8.44. The number of carbonyl (C=O) groups is 1. The summed E-state index contributed by atoms with van der Waals surface area (Å²) in [4.78, 5) is 32.5. The number of fused-ring (bicyclic) bond motifs is 1. The van der Waals surface area contributed by atoms with E-state index in [9.17, 15) is 19.1 Å². The number of aromatic nitrogens is 2. The molecule has 0 N–H and O–H groups in total. The monoisotopic (exact) mass is 392 g/mol. The number of carbonyl (C=O) groups excluding carboxylic acids is 1. The van der Waals surface area contributed by atoms with Crippen LogP contribution in [0.4, 0.5) is 10.5 Å². The van der Waals surface area contributed by atoms with E-state index < -0.39 is 27.4 Å². The first-order valence-corrected chi connectivity index (χ1v) is 9.65. The zero-order valence-corrected chi connectivity index (χ0v) is 16.1. The molecule has 2 heterocycles. The van der Waals surface area contributed by atoms with E-state index in [1.165, 1.54) is 24.4 Å². The third kappa shape index (κ3) is 4.38. The van der Waals surface area contributed by atoms with E-state index in [0.717, 1.165) is 0 Å². The molecule has 1 amide bonds. The normalized spacial score (nSPS) is 18.5. The zero-order chi connectivity index (χ0) is 19.8. The highest BCUT2D eigenvalue weighted by Gasteiger charge is 2.33. The van der Waals surface area contributed by atoms with Crippen LogP contribution >= 0.6 is 0 Å². The molecule has 1 aromatic carbocycles. The van der Waals surface area contributed by atoms with Crippen LogP contribution in [0.5, 0.6) is 0 Å². The molecule has 1 fully saturated rings. The van der Waals surface area contributed by atoms with Crippen molar-refractivity contribution in [2.24, 2.45) is 0 Å². The van der Waals surface area contributed by atoms with Gasteiger partial charge in [-0.15, -0.1) is 0 Å². The maximum atomic E-state index is 12.8. The number of rotatable bonds is 3. The van der Waals surface area contributed by atoms with Crippen molar-refractivity contribution < 1.29 is 18.7 Å². The lowest BCUT2D eigenvalue weighted by Crippen LogP contribution is -2.36. The van der Waals surface area contributed by atoms with Gasteiger partial charge in [-0.25, -0.2) is 9.78 Å². The fourth-order valence-corrected chi connectivity index (χ4v) is 4.08. The van der Waals surface area contributed by atoms with E-state index in [2.05, 4.69) is 9.97 Å². The molecule has 1 aromatic heterocycles. The van der Waals surface area contributed by atoms with Crippen LogP contribution in [0.15, 0.2) is 29.4 Å². The standard InChI is InChI=1S/C17H20N4O5S/c1-17(2,3)26-16(22)20-7-6-12(10-20)27(25)15-9-18-14-8-11(21(23)24)4-5-13(14)19-15/h4-5,8-9,12H,6-7,10H2,1-3H3/t12-,27-/m0/s1. The summed E-state index contributed by atoms with van der Waals surface area (Å²) in [6, 6.07) is 4.15. The largest absolute Gasteiger partial charge is 0.444 e. The molecular weight excluding hydrogens is 372 g/mol. The average molecular weight is 392 g/mol. The Balaban J connectivity index is 1.73. The van der Waals surface area contributed by atoms with Crippen LogP contribution in [0.3, 0.4) is 0 Å². The van der Waals surface area contributed by atoms with Crippen LogP contribution in [0.1, 0.15) is 27.2 Å². The van der Waals surface area contributed by atoms with E-state index in [-0.39, 0.29) is 10.9 Å². The molecule has 0 aliphatic carbocycles. The summed E-state index contributed by atoms with van der Waals surface area (Å²) in [5.74, 6) is 0. The van der Waals surface area contributed by atoms with Crippen molar-refractivity contribution in [1.82, 2.24) is 14.9 Å². The molecule has 9 nitrogen and oxygen atoms in total. The molecular formula is C17H20N4O5S. The van der Waals surface area contributed by atoms with Crippen molar-refractivity contribution in [1.29, 1.82) is 0 Å². The number of hydrogen-bond donors (Lipinski definition) is 0. The first-order chi connectivity index (χ1) is 12.6. The summed E-state index contributed by atoms with van der Waals surface area (Å²) < 4.78 is 18.2. The van der Waals surface area contributed by atoms with Crippen LogP contribution in [0.2, 0.25) is 0 Å². The quantitative estimate of drug-likeness (QED) is 0.582. The number of ether oxygens (including phenoxy) is 1. The summed E-state index contributed by atoms with van der Waals surface area (Å²) in [5, 5.41) is 10.9. The number of nitro benzene ring substituents is 1. The third-order valence-electron chi connectivity index (χ3n) is 4.02. The molecule has 144 valence electrons. The van der Waals surface area contributed by atoms with Gasteiger partial charge >= 0.3 is 6.09 Å². The van der Waals surface area contributed by atoms with Crippen LogP contribution in [0, 0.1) is 10.1 Å². The Morgan fingerprint density at radius 3 is 2.78 bits per heavy atom.